The zero-order chi connectivity index (χ0) is 20.8. The minimum atomic E-state index is -0.580. The van der Waals surface area contributed by atoms with Crippen LogP contribution in [0.4, 0.5) is 5.69 Å². The van der Waals surface area contributed by atoms with Gasteiger partial charge >= 0.3 is 0 Å². The van der Waals surface area contributed by atoms with Crippen LogP contribution in [0, 0.1) is 0 Å². The van der Waals surface area contributed by atoms with E-state index in [1.54, 1.807) is 31.2 Å². The molecule has 1 unspecified atom stereocenters. The summed E-state index contributed by atoms with van der Waals surface area (Å²) >= 11 is 0. The fourth-order valence-corrected chi connectivity index (χ4v) is 3.42. The highest BCUT2D eigenvalue weighted by molar-refractivity contribution is 5.94. The van der Waals surface area contributed by atoms with E-state index in [2.05, 4.69) is 9.80 Å². The number of benzene rings is 2. The molecule has 3 rings (SSSR count). The van der Waals surface area contributed by atoms with E-state index in [1.165, 1.54) is 6.92 Å². The lowest BCUT2D eigenvalue weighted by atomic mass is 10.1. The van der Waals surface area contributed by atoms with E-state index in [1.807, 2.05) is 24.3 Å². The van der Waals surface area contributed by atoms with Crippen molar-refractivity contribution in [2.45, 2.75) is 20.0 Å². The van der Waals surface area contributed by atoms with E-state index >= 15 is 0 Å². The number of hydrogen-bond donors (Lipinski definition) is 1. The third-order valence-electron chi connectivity index (χ3n) is 5.18. The van der Waals surface area contributed by atoms with Crippen LogP contribution in [0.2, 0.25) is 0 Å². The number of ether oxygens (including phenoxy) is 1. The summed E-state index contributed by atoms with van der Waals surface area (Å²) in [7, 11) is 0. The first kappa shape index (κ1) is 21.0. The predicted octanol–water partition coefficient (Wildman–Crippen LogP) is 2.65. The molecule has 1 fully saturated rings. The highest BCUT2D eigenvalue weighted by Gasteiger charge is 2.20. The molecule has 0 aromatic heterocycles. The molecule has 0 saturated carbocycles. The van der Waals surface area contributed by atoms with Crippen molar-refractivity contribution in [3.8, 4) is 5.75 Å². The Hall–Kier alpha value is -2.70. The fourth-order valence-electron chi connectivity index (χ4n) is 3.42. The molecule has 29 heavy (non-hydrogen) atoms. The minimum Gasteiger partial charge on any atom is -0.491 e. The van der Waals surface area contributed by atoms with E-state index in [0.717, 1.165) is 37.4 Å². The summed E-state index contributed by atoms with van der Waals surface area (Å²) in [6, 6.07) is 14.7. The van der Waals surface area contributed by atoms with Gasteiger partial charge in [0, 0.05) is 49.5 Å². The summed E-state index contributed by atoms with van der Waals surface area (Å²) in [6.07, 6.45) is -0.580. The Morgan fingerprint density at radius 2 is 1.41 bits per heavy atom. The molecule has 0 bridgehead atoms. The van der Waals surface area contributed by atoms with Gasteiger partial charge in [-0.2, -0.15) is 0 Å². The Morgan fingerprint density at radius 1 is 0.897 bits per heavy atom. The minimum absolute atomic E-state index is 0.0190. The van der Waals surface area contributed by atoms with Gasteiger partial charge in [-0.25, -0.2) is 0 Å². The van der Waals surface area contributed by atoms with Crippen LogP contribution in [-0.2, 0) is 0 Å². The number of aliphatic hydroxyl groups is 1. The number of Topliss-reactive ketones (excluding diaryl/α,β-unsaturated/α-hetero) is 2. The summed E-state index contributed by atoms with van der Waals surface area (Å²) in [5.74, 6) is 0.741. The van der Waals surface area contributed by atoms with Crippen molar-refractivity contribution in [1.29, 1.82) is 0 Å². The highest BCUT2D eigenvalue weighted by atomic mass is 16.5. The first-order chi connectivity index (χ1) is 13.9. The van der Waals surface area contributed by atoms with Gasteiger partial charge in [0.1, 0.15) is 18.5 Å². The first-order valence-corrected chi connectivity index (χ1v) is 9.92. The lowest BCUT2D eigenvalue weighted by molar-refractivity contribution is 0.0663. The number of carbonyl (C=O) groups is 2. The van der Waals surface area contributed by atoms with E-state index < -0.39 is 6.10 Å². The molecular weight excluding hydrogens is 368 g/mol. The molecule has 6 nitrogen and oxygen atoms in total. The van der Waals surface area contributed by atoms with Crippen LogP contribution < -0.4 is 9.64 Å². The van der Waals surface area contributed by atoms with E-state index in [0.29, 0.717) is 17.9 Å². The Kier molecular flexibility index (Phi) is 7.01. The number of nitrogens with zero attached hydrogens (tertiary/aromatic N) is 2. The van der Waals surface area contributed by atoms with Crippen molar-refractivity contribution >= 4 is 17.3 Å². The largest absolute Gasteiger partial charge is 0.491 e. The molecule has 2 aromatic carbocycles. The number of hydrogen-bond acceptors (Lipinski definition) is 6. The molecule has 1 saturated heterocycles. The van der Waals surface area contributed by atoms with E-state index in [9.17, 15) is 14.7 Å². The third-order valence-corrected chi connectivity index (χ3v) is 5.18. The lowest BCUT2D eigenvalue weighted by Gasteiger charge is -2.36. The third kappa shape index (κ3) is 5.89. The van der Waals surface area contributed by atoms with E-state index in [-0.39, 0.29) is 18.2 Å². The number of carbonyl (C=O) groups excluding carboxylic acids is 2. The molecule has 0 radical (unpaired) electrons. The topological polar surface area (TPSA) is 70.1 Å². The quantitative estimate of drug-likeness (QED) is 0.692. The van der Waals surface area contributed by atoms with Gasteiger partial charge in [-0.3, -0.25) is 14.5 Å². The molecule has 154 valence electrons. The first-order valence-electron chi connectivity index (χ1n) is 9.92. The average molecular weight is 396 g/mol. The molecule has 1 heterocycles. The number of piperazine rings is 1. The standard InChI is InChI=1S/C23H28N2O4/c1-17(26)19-3-7-21(8-4-19)25-13-11-24(12-14-25)15-22(28)16-29-23-9-5-20(6-10-23)18(2)27/h3-10,22,28H,11-16H2,1-2H3. The van der Waals surface area contributed by atoms with Gasteiger partial charge in [-0.1, -0.05) is 0 Å². The maximum atomic E-state index is 11.4. The van der Waals surface area contributed by atoms with Crippen LogP contribution >= 0.6 is 0 Å². The van der Waals surface area contributed by atoms with Crippen molar-refractivity contribution in [1.82, 2.24) is 4.90 Å². The zero-order valence-corrected chi connectivity index (χ0v) is 17.0. The maximum Gasteiger partial charge on any atom is 0.159 e. The predicted molar refractivity (Wildman–Crippen MR) is 113 cm³/mol. The smallest absolute Gasteiger partial charge is 0.159 e. The van der Waals surface area contributed by atoms with E-state index in [4.69, 9.17) is 4.74 Å². The average Bonchev–Trinajstić information content (AvgIpc) is 2.73. The van der Waals surface area contributed by atoms with Crippen molar-refractivity contribution < 1.29 is 19.4 Å². The molecule has 0 spiro atoms. The number of β-amino-alcohol motifs (C(OH)–C–C–N with tert-alkyl or cyclic N) is 1. The maximum absolute atomic E-state index is 11.4. The number of ketones is 2. The molecule has 1 atom stereocenters. The van der Waals surface area contributed by atoms with Crippen LogP contribution in [0.25, 0.3) is 0 Å². The normalized spacial score (nSPS) is 15.8. The SMILES string of the molecule is CC(=O)c1ccc(OCC(O)CN2CCN(c3ccc(C(C)=O)cc3)CC2)cc1. The molecule has 1 aliphatic heterocycles. The Labute approximate surface area is 171 Å². The van der Waals surface area contributed by atoms with Crippen molar-refractivity contribution in [2.75, 3.05) is 44.2 Å². The van der Waals surface area contributed by atoms with Gasteiger partial charge in [-0.05, 0) is 62.4 Å². The second-order valence-electron chi connectivity index (χ2n) is 7.44. The van der Waals surface area contributed by atoms with Crippen LogP contribution in [0.15, 0.2) is 48.5 Å². The molecule has 2 aromatic rings. The van der Waals surface area contributed by atoms with Crippen LogP contribution in [0.3, 0.4) is 0 Å². The van der Waals surface area contributed by atoms with Crippen LogP contribution in [0.1, 0.15) is 34.6 Å². The lowest BCUT2D eigenvalue weighted by Crippen LogP contribution is -2.49. The molecule has 1 aliphatic rings. The van der Waals surface area contributed by atoms with Crippen LogP contribution in [-0.4, -0.2) is 67.0 Å². The molecular formula is C23H28N2O4. The highest BCUT2D eigenvalue weighted by Crippen LogP contribution is 2.18. The summed E-state index contributed by atoms with van der Waals surface area (Å²) < 4.78 is 5.64. The molecule has 1 N–H and O–H groups in total. The number of aliphatic hydroxyl groups excluding tert-OH is 1. The molecule has 0 amide bonds. The second kappa shape index (κ2) is 9.67. The van der Waals surface area contributed by atoms with Gasteiger partial charge in [-0.15, -0.1) is 0 Å². The molecule has 6 heteroatoms. The van der Waals surface area contributed by atoms with Gasteiger partial charge in [0.15, 0.2) is 11.6 Å². The second-order valence-corrected chi connectivity index (χ2v) is 7.44. The number of anilines is 1. The Bertz CT molecular complexity index is 825. The monoisotopic (exact) mass is 396 g/mol. The summed E-state index contributed by atoms with van der Waals surface area (Å²) in [5, 5.41) is 10.3. The van der Waals surface area contributed by atoms with Gasteiger partial charge < -0.3 is 14.7 Å². The number of rotatable bonds is 8. The van der Waals surface area contributed by atoms with Crippen molar-refractivity contribution in [2.24, 2.45) is 0 Å². The Morgan fingerprint density at radius 3 is 1.93 bits per heavy atom. The van der Waals surface area contributed by atoms with Crippen molar-refractivity contribution in [3.05, 3.63) is 59.7 Å². The van der Waals surface area contributed by atoms with Gasteiger partial charge in [0.05, 0.1) is 0 Å². The summed E-state index contributed by atoms with van der Waals surface area (Å²) in [4.78, 5) is 27.2. The summed E-state index contributed by atoms with van der Waals surface area (Å²) in [5.41, 5.74) is 2.49. The van der Waals surface area contributed by atoms with Gasteiger partial charge in [0.2, 0.25) is 0 Å². The Balaban J connectivity index is 1.41. The molecule has 0 aliphatic carbocycles. The zero-order valence-electron chi connectivity index (χ0n) is 17.0. The fraction of sp³-hybridized carbons (Fsp3) is 0.391. The van der Waals surface area contributed by atoms with Crippen molar-refractivity contribution in [3.63, 3.8) is 0 Å². The summed E-state index contributed by atoms with van der Waals surface area (Å²) in [6.45, 7) is 7.34. The van der Waals surface area contributed by atoms with Crippen LogP contribution in [0.5, 0.6) is 5.75 Å². The van der Waals surface area contributed by atoms with Gasteiger partial charge in [0.25, 0.3) is 0 Å².